The monoisotopic (exact) mass is 480 g/mol. The van der Waals surface area contributed by atoms with Crippen LogP contribution in [0.3, 0.4) is 0 Å². The number of thioether (sulfide) groups is 1. The van der Waals surface area contributed by atoms with Gasteiger partial charge in [-0.2, -0.15) is 5.26 Å². The van der Waals surface area contributed by atoms with Crippen LogP contribution in [0.5, 0.6) is 0 Å². The van der Waals surface area contributed by atoms with E-state index in [-0.39, 0.29) is 18.9 Å². The number of esters is 1. The van der Waals surface area contributed by atoms with Gasteiger partial charge in [-0.15, -0.1) is 0 Å². The fourth-order valence-electron chi connectivity index (χ4n) is 4.36. The Bertz CT molecular complexity index is 1140. The smallest absolute Gasteiger partial charge is 0.344 e. The first-order valence-corrected chi connectivity index (χ1v) is 12.1. The number of imidazole rings is 1. The van der Waals surface area contributed by atoms with Gasteiger partial charge in [0.15, 0.2) is 0 Å². The average molecular weight is 481 g/mol. The van der Waals surface area contributed by atoms with Crippen molar-refractivity contribution in [2.45, 2.75) is 44.5 Å². The van der Waals surface area contributed by atoms with E-state index in [0.717, 1.165) is 34.2 Å². The molecule has 2 aromatic heterocycles. The molecule has 0 bridgehead atoms. The van der Waals surface area contributed by atoms with Crippen LogP contribution in [-0.4, -0.2) is 51.0 Å². The lowest BCUT2D eigenvalue weighted by Crippen LogP contribution is -2.56. The number of nitrogens with one attached hydrogen (secondary N) is 2. The average Bonchev–Trinajstić information content (AvgIpc) is 3.33. The molecule has 2 N–H and O–H groups in total. The summed E-state index contributed by atoms with van der Waals surface area (Å²) in [5.41, 5.74) is 2.59. The fourth-order valence-corrected chi connectivity index (χ4v) is 5.89. The molecule has 0 aliphatic carbocycles. The van der Waals surface area contributed by atoms with Crippen LogP contribution < -0.4 is 10.6 Å². The lowest BCUT2D eigenvalue weighted by Gasteiger charge is -2.31. The Hall–Kier alpha value is -3.16. The summed E-state index contributed by atoms with van der Waals surface area (Å²) in [4.78, 5) is 34.5. The zero-order valence-electron chi connectivity index (χ0n) is 19.3. The topological polar surface area (TPSA) is 122 Å². The highest BCUT2D eigenvalue weighted by molar-refractivity contribution is 8.05. The van der Waals surface area contributed by atoms with Gasteiger partial charge in [-0.25, -0.2) is 9.78 Å². The fraction of sp³-hybridized carbons (Fsp3) is 0.458. The number of nitrogens with zero attached hydrogens (tertiary/aromatic N) is 4. The summed E-state index contributed by atoms with van der Waals surface area (Å²) in [6.45, 7) is 5.66. The number of aromatic nitrogens is 3. The number of hydrogen-bond donors (Lipinski definition) is 2. The molecule has 0 fully saturated rings. The minimum atomic E-state index is -1.49. The Morgan fingerprint density at radius 1 is 1.41 bits per heavy atom. The molecule has 1 amide bonds. The molecular weight excluding hydrogens is 452 g/mol. The third kappa shape index (κ3) is 5.00. The molecular formula is C24H28N6O3S. The van der Waals surface area contributed by atoms with Gasteiger partial charge >= 0.3 is 5.97 Å². The first-order valence-electron chi connectivity index (χ1n) is 11.3. The first-order chi connectivity index (χ1) is 16.4. The van der Waals surface area contributed by atoms with E-state index in [9.17, 15) is 14.9 Å². The highest BCUT2D eigenvalue weighted by atomic mass is 32.2. The summed E-state index contributed by atoms with van der Waals surface area (Å²) in [7, 11) is 0. The highest BCUT2D eigenvalue weighted by Crippen LogP contribution is 2.51. The number of hydrogen-bond acceptors (Lipinski definition) is 8. The summed E-state index contributed by atoms with van der Waals surface area (Å²) < 4.78 is 7.58. The Labute approximate surface area is 203 Å². The molecule has 0 saturated heterocycles. The van der Waals surface area contributed by atoms with Crippen LogP contribution in [0.1, 0.15) is 30.1 Å². The molecule has 2 unspecified atom stereocenters. The van der Waals surface area contributed by atoms with Crippen LogP contribution >= 0.6 is 11.8 Å². The number of rotatable bonds is 8. The van der Waals surface area contributed by atoms with Crippen molar-refractivity contribution in [3.8, 4) is 6.07 Å². The van der Waals surface area contributed by atoms with Crippen LogP contribution in [0, 0.1) is 31.1 Å². The standard InChI is InChI=1S/C24H28N6O3S/c1-16-15-30(17(2)28-16)11-12-33-23(32)24(20(13-25)19-8-10-26-14-21(19)34-24)29-22(31)7-6-18-5-3-4-9-27-18/h3-5,9,15,20,26H,6-8,10-12,14H2,1-2H3,(H,29,31). The van der Waals surface area contributed by atoms with Gasteiger partial charge in [-0.3, -0.25) is 9.78 Å². The molecule has 9 nitrogen and oxygen atoms in total. The van der Waals surface area contributed by atoms with Gasteiger partial charge in [0.25, 0.3) is 0 Å². The minimum absolute atomic E-state index is 0.114. The maximum absolute atomic E-state index is 13.5. The Kier molecular flexibility index (Phi) is 7.34. The van der Waals surface area contributed by atoms with Crippen molar-refractivity contribution in [3.63, 3.8) is 0 Å². The molecule has 2 aliphatic heterocycles. The van der Waals surface area contributed by atoms with Gasteiger partial charge in [0.1, 0.15) is 18.3 Å². The van der Waals surface area contributed by atoms with Crippen molar-refractivity contribution in [2.75, 3.05) is 19.7 Å². The second-order valence-corrected chi connectivity index (χ2v) is 9.74. The lowest BCUT2D eigenvalue weighted by molar-refractivity contribution is -0.150. The van der Waals surface area contributed by atoms with Crippen LogP contribution in [-0.2, 0) is 27.3 Å². The Morgan fingerprint density at radius 3 is 2.97 bits per heavy atom. The van der Waals surface area contributed by atoms with Crippen molar-refractivity contribution in [3.05, 3.63) is 58.3 Å². The van der Waals surface area contributed by atoms with Crippen molar-refractivity contribution < 1.29 is 14.3 Å². The molecule has 178 valence electrons. The van der Waals surface area contributed by atoms with E-state index in [1.54, 1.807) is 6.20 Å². The number of amides is 1. The van der Waals surface area contributed by atoms with E-state index in [2.05, 4.69) is 26.7 Å². The summed E-state index contributed by atoms with van der Waals surface area (Å²) in [6.07, 6.45) is 4.83. The molecule has 0 spiro atoms. The normalized spacial score (nSPS) is 21.6. The zero-order chi connectivity index (χ0) is 24.1. The number of pyridine rings is 1. The zero-order valence-corrected chi connectivity index (χ0v) is 20.2. The minimum Gasteiger partial charge on any atom is -0.461 e. The molecule has 0 aromatic carbocycles. The van der Waals surface area contributed by atoms with Crippen LogP contribution in [0.4, 0.5) is 0 Å². The predicted molar refractivity (Wildman–Crippen MR) is 127 cm³/mol. The maximum atomic E-state index is 13.5. The molecule has 2 aromatic rings. The van der Waals surface area contributed by atoms with Gasteiger partial charge < -0.3 is 19.9 Å². The van der Waals surface area contributed by atoms with E-state index in [0.29, 0.717) is 25.9 Å². The number of ether oxygens (including phenoxy) is 1. The molecule has 34 heavy (non-hydrogen) atoms. The van der Waals surface area contributed by atoms with Crippen LogP contribution in [0.15, 0.2) is 41.1 Å². The van der Waals surface area contributed by atoms with Gasteiger partial charge in [0, 0.05) is 36.0 Å². The first kappa shape index (κ1) is 24.0. The maximum Gasteiger partial charge on any atom is 0.344 e. The highest BCUT2D eigenvalue weighted by Gasteiger charge is 2.56. The van der Waals surface area contributed by atoms with Crippen molar-refractivity contribution in [2.24, 2.45) is 5.92 Å². The summed E-state index contributed by atoms with van der Waals surface area (Å²) in [6, 6.07) is 7.82. The molecule has 2 atom stereocenters. The van der Waals surface area contributed by atoms with E-state index in [4.69, 9.17) is 4.74 Å². The second kappa shape index (κ2) is 10.4. The van der Waals surface area contributed by atoms with E-state index >= 15 is 0 Å². The van der Waals surface area contributed by atoms with Gasteiger partial charge in [0.05, 0.1) is 18.3 Å². The number of carbonyl (C=O) groups excluding carboxylic acids is 2. The molecule has 4 rings (SSSR count). The van der Waals surface area contributed by atoms with Gasteiger partial charge in [-0.05, 0) is 50.9 Å². The number of nitriles is 1. The predicted octanol–water partition coefficient (Wildman–Crippen LogP) is 2.02. The molecule has 0 saturated carbocycles. The SMILES string of the molecule is Cc1cn(CCOC(=O)C2(NC(=O)CCc3ccccn3)SC3=C(CCNC3)C2C#N)c(C)n1. The molecule has 2 aliphatic rings. The summed E-state index contributed by atoms with van der Waals surface area (Å²) in [5, 5.41) is 16.2. The van der Waals surface area contributed by atoms with E-state index in [1.165, 1.54) is 11.8 Å². The Morgan fingerprint density at radius 2 is 2.26 bits per heavy atom. The lowest BCUT2D eigenvalue weighted by atomic mass is 9.88. The molecule has 0 radical (unpaired) electrons. The molecule has 4 heterocycles. The Balaban J connectivity index is 1.49. The summed E-state index contributed by atoms with van der Waals surface area (Å²) >= 11 is 1.24. The van der Waals surface area contributed by atoms with E-state index < -0.39 is 16.8 Å². The van der Waals surface area contributed by atoms with Crippen LogP contribution in [0.25, 0.3) is 0 Å². The number of carbonyl (C=O) groups is 2. The quantitative estimate of drug-likeness (QED) is 0.551. The van der Waals surface area contributed by atoms with Crippen molar-refractivity contribution >= 4 is 23.6 Å². The molecule has 10 heteroatoms. The van der Waals surface area contributed by atoms with Crippen molar-refractivity contribution in [1.29, 1.82) is 5.26 Å². The van der Waals surface area contributed by atoms with Gasteiger partial charge in [-0.1, -0.05) is 17.8 Å². The summed E-state index contributed by atoms with van der Waals surface area (Å²) in [5.74, 6) is -0.860. The van der Waals surface area contributed by atoms with Gasteiger partial charge in [0.2, 0.25) is 10.8 Å². The largest absolute Gasteiger partial charge is 0.461 e. The number of aryl methyl sites for hydroxylation is 3. The van der Waals surface area contributed by atoms with Crippen LogP contribution in [0.2, 0.25) is 0 Å². The van der Waals surface area contributed by atoms with E-state index in [1.807, 2.05) is 42.8 Å². The third-order valence-electron chi connectivity index (χ3n) is 6.01. The third-order valence-corrected chi connectivity index (χ3v) is 7.49. The second-order valence-electron chi connectivity index (χ2n) is 8.40. The van der Waals surface area contributed by atoms with Crippen molar-refractivity contribution in [1.82, 2.24) is 25.2 Å².